The highest BCUT2D eigenvalue weighted by Gasteiger charge is 2.39. The Balaban J connectivity index is 2.88. The monoisotopic (exact) mass is 292 g/mol. The van der Waals surface area contributed by atoms with Crippen molar-refractivity contribution >= 4 is 19.4 Å². The average Bonchev–Trinajstić information content (AvgIpc) is 2.19. The van der Waals surface area contributed by atoms with E-state index >= 15 is 0 Å². The lowest BCUT2D eigenvalue weighted by Gasteiger charge is -2.32. The SMILES string of the molecule is CC1=C(C)C[C@H](P(=O)(OC(C)C)OC(C)C)SC1. The van der Waals surface area contributed by atoms with Crippen molar-refractivity contribution in [2.45, 2.75) is 65.2 Å². The van der Waals surface area contributed by atoms with Gasteiger partial charge >= 0.3 is 7.60 Å². The molecule has 0 aromatic rings. The third kappa shape index (κ3) is 4.41. The molecule has 0 saturated carbocycles. The van der Waals surface area contributed by atoms with Gasteiger partial charge < -0.3 is 9.05 Å². The molecule has 0 saturated heterocycles. The average molecular weight is 292 g/mol. The Morgan fingerprint density at radius 1 is 1.11 bits per heavy atom. The Kier molecular flexibility index (Phi) is 5.98. The van der Waals surface area contributed by atoms with Crippen LogP contribution in [-0.4, -0.2) is 23.0 Å². The Labute approximate surface area is 115 Å². The van der Waals surface area contributed by atoms with Crippen molar-refractivity contribution in [3.8, 4) is 0 Å². The van der Waals surface area contributed by atoms with Crippen molar-refractivity contribution < 1.29 is 13.6 Å². The van der Waals surface area contributed by atoms with Gasteiger partial charge in [-0.2, -0.15) is 0 Å². The quantitative estimate of drug-likeness (QED) is 0.537. The number of allylic oxidation sites excluding steroid dienone is 1. The van der Waals surface area contributed by atoms with E-state index in [9.17, 15) is 4.57 Å². The van der Waals surface area contributed by atoms with Crippen LogP contribution < -0.4 is 0 Å². The number of thioether (sulfide) groups is 1. The fraction of sp³-hybridized carbons (Fsp3) is 0.846. The van der Waals surface area contributed by atoms with E-state index in [0.717, 1.165) is 12.2 Å². The molecule has 1 rings (SSSR count). The van der Waals surface area contributed by atoms with Crippen LogP contribution in [0.5, 0.6) is 0 Å². The molecule has 0 aliphatic carbocycles. The second-order valence-corrected chi connectivity index (χ2v) is 9.04. The van der Waals surface area contributed by atoms with Gasteiger partial charge in [0.2, 0.25) is 0 Å². The summed E-state index contributed by atoms with van der Waals surface area (Å²) in [5.41, 5.74) is 2.70. The third-order valence-corrected chi connectivity index (χ3v) is 7.46. The third-order valence-electron chi connectivity index (χ3n) is 2.77. The molecule has 0 radical (unpaired) electrons. The van der Waals surface area contributed by atoms with E-state index in [-0.39, 0.29) is 17.2 Å². The maximum Gasteiger partial charge on any atom is 0.344 e. The fourth-order valence-electron chi connectivity index (χ4n) is 1.79. The van der Waals surface area contributed by atoms with Gasteiger partial charge in [-0.15, -0.1) is 11.8 Å². The summed E-state index contributed by atoms with van der Waals surface area (Å²) in [6.45, 7) is 11.8. The van der Waals surface area contributed by atoms with Crippen molar-refractivity contribution in [3.63, 3.8) is 0 Å². The second kappa shape index (κ2) is 6.60. The van der Waals surface area contributed by atoms with Gasteiger partial charge in [-0.3, -0.25) is 4.57 Å². The number of hydrogen-bond donors (Lipinski definition) is 0. The lowest BCUT2D eigenvalue weighted by atomic mass is 10.1. The highest BCUT2D eigenvalue weighted by atomic mass is 32.2. The molecule has 5 heteroatoms. The van der Waals surface area contributed by atoms with Gasteiger partial charge in [-0.05, 0) is 48.0 Å². The first kappa shape index (κ1) is 16.3. The summed E-state index contributed by atoms with van der Waals surface area (Å²) in [6, 6.07) is 0. The zero-order valence-corrected chi connectivity index (χ0v) is 13.9. The van der Waals surface area contributed by atoms with Crippen LogP contribution in [0.4, 0.5) is 0 Å². The van der Waals surface area contributed by atoms with Crippen molar-refractivity contribution in [2.24, 2.45) is 0 Å². The molecule has 0 aromatic heterocycles. The molecule has 0 amide bonds. The molecule has 1 aliphatic heterocycles. The van der Waals surface area contributed by atoms with Crippen molar-refractivity contribution in [1.82, 2.24) is 0 Å². The van der Waals surface area contributed by atoms with Gasteiger partial charge in [0.15, 0.2) is 0 Å². The van der Waals surface area contributed by atoms with Gasteiger partial charge in [0.25, 0.3) is 0 Å². The summed E-state index contributed by atoms with van der Waals surface area (Å²) in [6.07, 6.45) is 0.637. The first-order chi connectivity index (χ1) is 8.24. The zero-order valence-electron chi connectivity index (χ0n) is 12.2. The van der Waals surface area contributed by atoms with Gasteiger partial charge in [-0.25, -0.2) is 0 Å². The molecule has 1 heterocycles. The Bertz CT molecular complexity index is 349. The lowest BCUT2D eigenvalue weighted by Crippen LogP contribution is -2.19. The summed E-state index contributed by atoms with van der Waals surface area (Å²) in [7, 11) is -3.04. The van der Waals surface area contributed by atoms with Crippen LogP contribution in [0.15, 0.2) is 11.1 Å². The molecule has 0 fully saturated rings. The Morgan fingerprint density at radius 2 is 1.61 bits per heavy atom. The van der Waals surface area contributed by atoms with E-state index in [0.29, 0.717) is 0 Å². The molecule has 1 atom stereocenters. The smallest absolute Gasteiger partial charge is 0.305 e. The van der Waals surface area contributed by atoms with E-state index in [1.54, 1.807) is 11.8 Å². The van der Waals surface area contributed by atoms with Crippen LogP contribution in [0.3, 0.4) is 0 Å². The molecule has 0 bridgehead atoms. The maximum atomic E-state index is 13.0. The summed E-state index contributed by atoms with van der Waals surface area (Å²) in [5.74, 6) is 0.920. The van der Waals surface area contributed by atoms with Crippen molar-refractivity contribution in [3.05, 3.63) is 11.1 Å². The minimum absolute atomic E-state index is 0.0639. The Hall–Kier alpha value is 0.240. The van der Waals surface area contributed by atoms with Gasteiger partial charge in [0, 0.05) is 5.75 Å². The predicted molar refractivity (Wildman–Crippen MR) is 79.3 cm³/mol. The lowest BCUT2D eigenvalue weighted by molar-refractivity contribution is 0.141. The summed E-state index contributed by atoms with van der Waals surface area (Å²) in [5, 5.41) is 0. The van der Waals surface area contributed by atoms with E-state index in [1.165, 1.54) is 11.1 Å². The summed E-state index contributed by atoms with van der Waals surface area (Å²) in [4.78, 5) is -0.0639. The van der Waals surface area contributed by atoms with Crippen LogP contribution in [0.1, 0.15) is 48.0 Å². The standard InChI is InChI=1S/C13H25O3PS/c1-9(2)15-17(14,16-10(3)4)13-7-11(5)12(6)8-18-13/h9-10,13H,7-8H2,1-6H3/t13-/m1/s1. The molecule has 0 unspecified atom stereocenters. The minimum atomic E-state index is -3.04. The second-order valence-electron chi connectivity index (χ2n) is 5.38. The van der Waals surface area contributed by atoms with E-state index in [1.807, 2.05) is 27.7 Å². The van der Waals surface area contributed by atoms with Gasteiger partial charge in [-0.1, -0.05) is 11.1 Å². The van der Waals surface area contributed by atoms with Crippen LogP contribution in [0.2, 0.25) is 0 Å². The maximum absolute atomic E-state index is 13.0. The number of hydrogen-bond acceptors (Lipinski definition) is 4. The van der Waals surface area contributed by atoms with Crippen LogP contribution in [-0.2, 0) is 13.6 Å². The largest absolute Gasteiger partial charge is 0.344 e. The van der Waals surface area contributed by atoms with Crippen LogP contribution in [0.25, 0.3) is 0 Å². The molecular weight excluding hydrogens is 267 g/mol. The first-order valence-electron chi connectivity index (χ1n) is 6.48. The Morgan fingerprint density at radius 3 is 2.00 bits per heavy atom. The summed E-state index contributed by atoms with van der Waals surface area (Å²) < 4.78 is 24.3. The van der Waals surface area contributed by atoms with Gasteiger partial charge in [0.1, 0.15) is 4.99 Å². The minimum Gasteiger partial charge on any atom is -0.305 e. The molecular formula is C13H25O3PS. The first-order valence-corrected chi connectivity index (χ1v) is 9.14. The summed E-state index contributed by atoms with van der Waals surface area (Å²) >= 11 is 1.69. The molecule has 0 N–H and O–H groups in total. The molecule has 0 spiro atoms. The highest BCUT2D eigenvalue weighted by molar-refractivity contribution is 8.05. The highest BCUT2D eigenvalue weighted by Crippen LogP contribution is 2.61. The van der Waals surface area contributed by atoms with Crippen LogP contribution >= 0.6 is 19.4 Å². The molecule has 0 aromatic carbocycles. The molecule has 106 valence electrons. The zero-order chi connectivity index (χ0) is 13.9. The molecule has 3 nitrogen and oxygen atoms in total. The van der Waals surface area contributed by atoms with Crippen molar-refractivity contribution in [1.29, 1.82) is 0 Å². The van der Waals surface area contributed by atoms with E-state index in [4.69, 9.17) is 9.05 Å². The van der Waals surface area contributed by atoms with E-state index < -0.39 is 7.60 Å². The van der Waals surface area contributed by atoms with E-state index in [2.05, 4.69) is 13.8 Å². The molecule has 1 aliphatic rings. The van der Waals surface area contributed by atoms with Crippen molar-refractivity contribution in [2.75, 3.05) is 5.75 Å². The fourth-order valence-corrected chi connectivity index (χ4v) is 6.09. The van der Waals surface area contributed by atoms with Gasteiger partial charge in [0.05, 0.1) is 12.2 Å². The normalized spacial score (nSPS) is 22.1. The van der Waals surface area contributed by atoms with Crippen LogP contribution in [0, 0.1) is 0 Å². The predicted octanol–water partition coefficient (Wildman–Crippen LogP) is 4.83. The molecule has 18 heavy (non-hydrogen) atoms. The topological polar surface area (TPSA) is 35.5 Å². The number of rotatable bonds is 5.